The van der Waals surface area contributed by atoms with Crippen molar-refractivity contribution in [1.29, 1.82) is 0 Å². The molecule has 0 unspecified atom stereocenters. The molecule has 23 heavy (non-hydrogen) atoms. The van der Waals surface area contributed by atoms with Crippen molar-refractivity contribution in [2.24, 2.45) is 0 Å². The molecule has 0 saturated carbocycles. The van der Waals surface area contributed by atoms with E-state index in [1.165, 1.54) is 19.1 Å². The van der Waals surface area contributed by atoms with E-state index in [9.17, 15) is 24.9 Å². The molecule has 2 rings (SSSR count). The fourth-order valence-electron chi connectivity index (χ4n) is 2.38. The molecular weight excluding hydrogens is 306 g/mol. The molecule has 0 aliphatic carbocycles. The van der Waals surface area contributed by atoms with Gasteiger partial charge in [-0.3, -0.25) is 9.59 Å². The highest BCUT2D eigenvalue weighted by Gasteiger charge is 2.46. The average Bonchev–Trinajstić information content (AvgIpc) is 2.54. The van der Waals surface area contributed by atoms with Gasteiger partial charge in [0, 0.05) is 6.92 Å². The number of benzene rings is 1. The van der Waals surface area contributed by atoms with Gasteiger partial charge in [-0.1, -0.05) is 12.1 Å². The molecule has 0 radical (unpaired) electrons. The van der Waals surface area contributed by atoms with E-state index in [-0.39, 0.29) is 11.3 Å². The van der Waals surface area contributed by atoms with Gasteiger partial charge in [0.15, 0.2) is 6.29 Å². The Hall–Kier alpha value is -2.00. The topological polar surface area (TPSA) is 125 Å². The van der Waals surface area contributed by atoms with Crippen LogP contribution >= 0.6 is 0 Å². The highest BCUT2D eigenvalue weighted by Crippen LogP contribution is 2.26. The summed E-state index contributed by atoms with van der Waals surface area (Å²) in [5.74, 6) is -0.257. The number of nitrogens with one attached hydrogen (secondary N) is 1. The maximum Gasteiger partial charge on any atom is 0.223 e. The minimum atomic E-state index is -1.40. The molecule has 1 aromatic carbocycles. The second-order valence-corrected chi connectivity index (χ2v) is 5.21. The van der Waals surface area contributed by atoms with Crippen LogP contribution in [-0.2, 0) is 9.53 Å². The van der Waals surface area contributed by atoms with E-state index < -0.39 is 43.2 Å². The van der Waals surface area contributed by atoms with Crippen molar-refractivity contribution < 1.29 is 34.4 Å². The Kier molecular flexibility index (Phi) is 5.67. The van der Waals surface area contributed by atoms with Crippen molar-refractivity contribution in [3.63, 3.8) is 0 Å². The molecule has 4 N–H and O–H groups in total. The summed E-state index contributed by atoms with van der Waals surface area (Å²) in [6.45, 7) is 0.702. The van der Waals surface area contributed by atoms with Crippen LogP contribution in [-0.4, -0.2) is 64.8 Å². The van der Waals surface area contributed by atoms with Gasteiger partial charge in [-0.2, -0.15) is 0 Å². The zero-order valence-corrected chi connectivity index (χ0v) is 12.5. The summed E-state index contributed by atoms with van der Waals surface area (Å²) in [6.07, 6.45) is -4.46. The minimum Gasteiger partial charge on any atom is -0.462 e. The van der Waals surface area contributed by atoms with Crippen LogP contribution in [0.15, 0.2) is 24.3 Å². The highest BCUT2D eigenvalue weighted by atomic mass is 16.7. The summed E-state index contributed by atoms with van der Waals surface area (Å²) < 4.78 is 11.0. The van der Waals surface area contributed by atoms with Gasteiger partial charge in [0.05, 0.1) is 12.2 Å². The molecule has 0 aromatic heterocycles. The van der Waals surface area contributed by atoms with Crippen LogP contribution in [0.4, 0.5) is 0 Å². The van der Waals surface area contributed by atoms with Crippen molar-refractivity contribution in [2.75, 3.05) is 6.61 Å². The summed E-state index contributed by atoms with van der Waals surface area (Å²) in [6, 6.07) is 5.30. The van der Waals surface area contributed by atoms with Crippen molar-refractivity contribution in [1.82, 2.24) is 5.32 Å². The van der Waals surface area contributed by atoms with Crippen molar-refractivity contribution >= 4 is 12.2 Å². The van der Waals surface area contributed by atoms with Crippen molar-refractivity contribution in [3.05, 3.63) is 29.8 Å². The predicted octanol–water partition coefficient (Wildman–Crippen LogP) is -1.18. The second-order valence-electron chi connectivity index (χ2n) is 5.21. The fourth-order valence-corrected chi connectivity index (χ4v) is 2.38. The minimum absolute atomic E-state index is 0.197. The Morgan fingerprint density at radius 2 is 2.04 bits per heavy atom. The molecule has 1 aliphatic heterocycles. The number of hydrogen-bond donors (Lipinski definition) is 4. The molecule has 0 bridgehead atoms. The number of hydrogen-bond acceptors (Lipinski definition) is 7. The molecule has 8 heteroatoms. The van der Waals surface area contributed by atoms with Crippen molar-refractivity contribution in [2.45, 2.75) is 37.6 Å². The monoisotopic (exact) mass is 325 g/mol. The first-order valence-corrected chi connectivity index (χ1v) is 7.08. The number of amides is 1. The third-order valence-corrected chi connectivity index (χ3v) is 3.54. The summed E-state index contributed by atoms with van der Waals surface area (Å²) in [5.41, 5.74) is 0.263. The van der Waals surface area contributed by atoms with Gasteiger partial charge >= 0.3 is 0 Å². The summed E-state index contributed by atoms with van der Waals surface area (Å²) in [4.78, 5) is 22.4. The third-order valence-electron chi connectivity index (χ3n) is 3.54. The van der Waals surface area contributed by atoms with E-state index in [1.807, 2.05) is 0 Å². The molecule has 8 nitrogen and oxygen atoms in total. The number of aliphatic hydroxyl groups is 3. The Bertz CT molecular complexity index is 565. The van der Waals surface area contributed by atoms with Crippen LogP contribution in [0, 0.1) is 0 Å². The molecule has 5 atom stereocenters. The molecule has 1 fully saturated rings. The predicted molar refractivity (Wildman–Crippen MR) is 77.8 cm³/mol. The lowest BCUT2D eigenvalue weighted by Gasteiger charge is -2.42. The average molecular weight is 325 g/mol. The lowest BCUT2D eigenvalue weighted by molar-refractivity contribution is -0.244. The van der Waals surface area contributed by atoms with Gasteiger partial charge in [-0.05, 0) is 12.1 Å². The van der Waals surface area contributed by atoms with E-state index in [0.29, 0.717) is 6.29 Å². The first-order valence-electron chi connectivity index (χ1n) is 7.08. The van der Waals surface area contributed by atoms with Crippen LogP contribution in [0.25, 0.3) is 0 Å². The fraction of sp³-hybridized carbons (Fsp3) is 0.467. The van der Waals surface area contributed by atoms with E-state index in [4.69, 9.17) is 9.47 Å². The third kappa shape index (κ3) is 3.85. The first kappa shape index (κ1) is 17.4. The van der Waals surface area contributed by atoms with E-state index >= 15 is 0 Å². The maximum atomic E-state index is 11.3. The van der Waals surface area contributed by atoms with Gasteiger partial charge in [0.1, 0.15) is 30.1 Å². The van der Waals surface area contributed by atoms with Crippen LogP contribution in [0.5, 0.6) is 5.75 Å². The summed E-state index contributed by atoms with van der Waals surface area (Å²) in [5, 5.41) is 31.7. The van der Waals surface area contributed by atoms with Crippen LogP contribution in [0.2, 0.25) is 0 Å². The van der Waals surface area contributed by atoms with Crippen LogP contribution < -0.4 is 10.1 Å². The summed E-state index contributed by atoms with van der Waals surface area (Å²) in [7, 11) is 0. The molecule has 126 valence electrons. The smallest absolute Gasteiger partial charge is 0.223 e. The molecule has 1 aliphatic rings. The lowest BCUT2D eigenvalue weighted by atomic mass is 9.97. The Morgan fingerprint density at radius 1 is 1.35 bits per heavy atom. The summed E-state index contributed by atoms with van der Waals surface area (Å²) >= 11 is 0. The molecule has 1 heterocycles. The molecule has 1 aromatic rings. The second kappa shape index (κ2) is 7.51. The maximum absolute atomic E-state index is 11.3. The number of ether oxygens (including phenoxy) is 2. The SMILES string of the molecule is CC(=O)N[C@H]1[C@@H](Oc2ccccc2C=O)O[C@@H](CO)[C@@H](O)[C@H]1O. The quantitative estimate of drug-likeness (QED) is 0.502. The zero-order chi connectivity index (χ0) is 17.0. The molecule has 0 spiro atoms. The normalized spacial score (nSPS) is 30.5. The Balaban J connectivity index is 2.27. The highest BCUT2D eigenvalue weighted by molar-refractivity contribution is 5.79. The van der Waals surface area contributed by atoms with Gasteiger partial charge < -0.3 is 30.1 Å². The number of carbonyl (C=O) groups excluding carboxylic acids is 2. The molecule has 1 amide bonds. The molecule has 1 saturated heterocycles. The molecular formula is C15H19NO7. The Morgan fingerprint density at radius 3 is 2.65 bits per heavy atom. The van der Waals surface area contributed by atoms with Crippen molar-refractivity contribution in [3.8, 4) is 5.75 Å². The van der Waals surface area contributed by atoms with Gasteiger partial charge in [0.2, 0.25) is 12.2 Å². The van der Waals surface area contributed by atoms with E-state index in [1.54, 1.807) is 12.1 Å². The van der Waals surface area contributed by atoms with E-state index in [2.05, 4.69) is 5.32 Å². The van der Waals surface area contributed by atoms with Crippen LogP contribution in [0.3, 0.4) is 0 Å². The largest absolute Gasteiger partial charge is 0.462 e. The number of rotatable bonds is 5. The van der Waals surface area contributed by atoms with Gasteiger partial charge in [-0.15, -0.1) is 0 Å². The number of aliphatic hydroxyl groups excluding tert-OH is 3. The number of carbonyl (C=O) groups is 2. The van der Waals surface area contributed by atoms with Gasteiger partial charge in [-0.25, -0.2) is 0 Å². The van der Waals surface area contributed by atoms with E-state index in [0.717, 1.165) is 0 Å². The Labute approximate surface area is 132 Å². The first-order chi connectivity index (χ1) is 11.0. The van der Waals surface area contributed by atoms with Crippen LogP contribution in [0.1, 0.15) is 17.3 Å². The standard InChI is InChI=1S/C15H19NO7/c1-8(19)16-12-14(21)13(20)11(7-18)23-15(12)22-10-5-3-2-4-9(10)6-17/h2-6,11-15,18,20-21H,7H2,1H3,(H,16,19)/t11-,12+,13+,14-,15-/m0/s1. The lowest BCUT2D eigenvalue weighted by Crippen LogP contribution is -2.65. The number of aldehydes is 1. The number of para-hydroxylation sites is 1. The van der Waals surface area contributed by atoms with Gasteiger partial charge in [0.25, 0.3) is 0 Å². The zero-order valence-electron chi connectivity index (χ0n) is 12.5.